The predicted molar refractivity (Wildman–Crippen MR) is 132 cm³/mol. The van der Waals surface area contributed by atoms with Crippen LogP contribution >= 0.6 is 0 Å². The molecule has 0 radical (unpaired) electrons. The first kappa shape index (κ1) is 23.6. The fourth-order valence-electron chi connectivity index (χ4n) is 5.06. The Bertz CT molecular complexity index is 1170. The van der Waals surface area contributed by atoms with Gasteiger partial charge >= 0.3 is 0 Å². The van der Waals surface area contributed by atoms with Crippen molar-refractivity contribution < 1.29 is 13.2 Å². The number of benzene rings is 1. The fourth-order valence-corrected chi connectivity index (χ4v) is 6.56. The van der Waals surface area contributed by atoms with Gasteiger partial charge < -0.3 is 15.1 Å². The van der Waals surface area contributed by atoms with Gasteiger partial charge in [0.05, 0.1) is 22.7 Å². The summed E-state index contributed by atoms with van der Waals surface area (Å²) in [6.07, 6.45) is 5.68. The highest BCUT2D eigenvalue weighted by Crippen LogP contribution is 2.38. The summed E-state index contributed by atoms with van der Waals surface area (Å²) in [6, 6.07) is 3.78. The summed E-state index contributed by atoms with van der Waals surface area (Å²) in [4.78, 5) is 16.9. The molecule has 2 aromatic rings. The molecule has 1 aromatic carbocycles. The Kier molecular flexibility index (Phi) is 6.10. The number of carbonyl (C=O) groups is 1. The number of sulfonamides is 1. The van der Waals surface area contributed by atoms with Gasteiger partial charge in [-0.25, -0.2) is 13.1 Å². The maximum Gasteiger partial charge on any atom is 0.241 e. The van der Waals surface area contributed by atoms with E-state index in [4.69, 9.17) is 5.10 Å². The van der Waals surface area contributed by atoms with Crippen LogP contribution in [0.3, 0.4) is 0 Å². The third-order valence-electron chi connectivity index (χ3n) is 7.40. The molecule has 1 amide bonds. The Morgan fingerprint density at radius 2 is 1.94 bits per heavy atom. The second-order valence-electron chi connectivity index (χ2n) is 10.6. The molecule has 0 spiro atoms. The number of anilines is 1. The van der Waals surface area contributed by atoms with Crippen molar-refractivity contribution in [2.75, 3.05) is 44.2 Å². The van der Waals surface area contributed by atoms with E-state index in [1.165, 1.54) is 0 Å². The van der Waals surface area contributed by atoms with E-state index < -0.39 is 10.0 Å². The molecular weight excluding hydrogens is 452 g/mol. The van der Waals surface area contributed by atoms with Crippen molar-refractivity contribution in [3.05, 3.63) is 18.3 Å². The number of carbonyl (C=O) groups excluding carboxylic acids is 1. The Balaban J connectivity index is 1.52. The second kappa shape index (κ2) is 8.80. The minimum atomic E-state index is -3.67. The van der Waals surface area contributed by atoms with E-state index in [9.17, 15) is 13.2 Å². The van der Waals surface area contributed by atoms with Gasteiger partial charge in [0, 0.05) is 55.3 Å². The van der Waals surface area contributed by atoms with Crippen LogP contribution in [-0.4, -0.2) is 73.8 Å². The predicted octanol–water partition coefficient (Wildman–Crippen LogP) is 2.10. The molecule has 1 atom stereocenters. The van der Waals surface area contributed by atoms with Gasteiger partial charge in [-0.1, -0.05) is 13.8 Å². The highest BCUT2D eigenvalue weighted by Gasteiger charge is 2.41. The quantitative estimate of drug-likeness (QED) is 0.646. The van der Waals surface area contributed by atoms with Gasteiger partial charge in [0.2, 0.25) is 15.9 Å². The van der Waals surface area contributed by atoms with Crippen molar-refractivity contribution in [1.29, 1.82) is 0 Å². The molecule has 186 valence electrons. The summed E-state index contributed by atoms with van der Waals surface area (Å²) >= 11 is 0. The number of hydrogen-bond donors (Lipinski definition) is 2. The second-order valence-corrected chi connectivity index (χ2v) is 12.3. The fraction of sp³-hybridized carbons (Fsp3) is 0.667. The molecule has 1 aliphatic carbocycles. The first-order valence-corrected chi connectivity index (χ1v) is 13.9. The molecule has 3 aliphatic rings. The standard InChI is InChI=1S/C24H36N6O3S/c1-17(2)23(31)29-11-9-28(10-12-29)21-13-19(34(32,33)27-24(3)6-7-24)14-22-20(21)16-26-30(22)18-5-4-8-25-15-18/h13-14,16-18,25,27H,4-12,15H2,1-3H3. The number of aromatic nitrogens is 2. The lowest BCUT2D eigenvalue weighted by atomic mass is 10.1. The van der Waals surface area contributed by atoms with Crippen molar-refractivity contribution in [3.8, 4) is 0 Å². The number of rotatable bonds is 6. The first-order chi connectivity index (χ1) is 16.2. The van der Waals surface area contributed by atoms with Crippen LogP contribution in [0.1, 0.15) is 52.5 Å². The Morgan fingerprint density at radius 3 is 2.56 bits per heavy atom. The third kappa shape index (κ3) is 4.55. The van der Waals surface area contributed by atoms with Gasteiger partial charge in [-0.3, -0.25) is 9.48 Å². The number of hydrogen-bond acceptors (Lipinski definition) is 6. The van der Waals surface area contributed by atoms with E-state index in [1.54, 1.807) is 12.1 Å². The number of amides is 1. The van der Waals surface area contributed by atoms with E-state index in [-0.39, 0.29) is 28.3 Å². The molecule has 2 N–H and O–H groups in total. The molecule has 0 bridgehead atoms. The van der Waals surface area contributed by atoms with Crippen molar-refractivity contribution >= 4 is 32.5 Å². The van der Waals surface area contributed by atoms with Crippen molar-refractivity contribution in [3.63, 3.8) is 0 Å². The van der Waals surface area contributed by atoms with Crippen LogP contribution in [0.4, 0.5) is 5.69 Å². The first-order valence-electron chi connectivity index (χ1n) is 12.5. The molecule has 1 saturated carbocycles. The third-order valence-corrected chi connectivity index (χ3v) is 9.02. The van der Waals surface area contributed by atoms with Crippen LogP contribution < -0.4 is 14.9 Å². The summed E-state index contributed by atoms with van der Waals surface area (Å²) in [5, 5.41) is 9.12. The van der Waals surface area contributed by atoms with Gasteiger partial charge in [-0.05, 0) is 51.3 Å². The molecule has 3 fully saturated rings. The number of piperidine rings is 1. The maximum atomic E-state index is 13.4. The highest BCUT2D eigenvalue weighted by atomic mass is 32.2. The average Bonchev–Trinajstić information content (AvgIpc) is 3.38. The molecular formula is C24H36N6O3S. The van der Waals surface area contributed by atoms with Crippen LogP contribution in [0.25, 0.3) is 10.9 Å². The highest BCUT2D eigenvalue weighted by molar-refractivity contribution is 7.89. The minimum absolute atomic E-state index is 0.0241. The zero-order valence-corrected chi connectivity index (χ0v) is 21.2. The van der Waals surface area contributed by atoms with Gasteiger partial charge in [0.15, 0.2) is 0 Å². The smallest absolute Gasteiger partial charge is 0.241 e. The summed E-state index contributed by atoms with van der Waals surface area (Å²) in [5.74, 6) is 0.143. The lowest BCUT2D eigenvalue weighted by molar-refractivity contribution is -0.134. The summed E-state index contributed by atoms with van der Waals surface area (Å²) in [5.41, 5.74) is 1.39. The zero-order chi connectivity index (χ0) is 24.1. The van der Waals surface area contributed by atoms with Crippen LogP contribution in [0, 0.1) is 5.92 Å². The van der Waals surface area contributed by atoms with E-state index in [2.05, 4.69) is 14.9 Å². The molecule has 5 rings (SSSR count). The summed E-state index contributed by atoms with van der Waals surface area (Å²) < 4.78 is 31.6. The lowest BCUT2D eigenvalue weighted by Gasteiger charge is -2.37. The lowest BCUT2D eigenvalue weighted by Crippen LogP contribution is -2.50. The molecule has 1 unspecified atom stereocenters. The summed E-state index contributed by atoms with van der Waals surface area (Å²) in [7, 11) is -3.67. The van der Waals surface area contributed by atoms with Crippen molar-refractivity contribution in [1.82, 2.24) is 24.7 Å². The number of nitrogens with one attached hydrogen (secondary N) is 2. The Hall–Kier alpha value is -2.17. The zero-order valence-electron chi connectivity index (χ0n) is 20.4. The average molecular weight is 489 g/mol. The van der Waals surface area contributed by atoms with Crippen LogP contribution in [0.2, 0.25) is 0 Å². The Labute approximate surface area is 201 Å². The molecule has 3 heterocycles. The summed E-state index contributed by atoms with van der Waals surface area (Å²) in [6.45, 7) is 10.2. The van der Waals surface area contributed by atoms with Gasteiger partial charge in [-0.15, -0.1) is 0 Å². The Morgan fingerprint density at radius 1 is 1.21 bits per heavy atom. The normalized spacial score (nSPS) is 23.0. The monoisotopic (exact) mass is 488 g/mol. The molecule has 10 heteroatoms. The van der Waals surface area contributed by atoms with Gasteiger partial charge in [0.1, 0.15) is 0 Å². The number of nitrogens with zero attached hydrogens (tertiary/aromatic N) is 4. The number of piperazine rings is 1. The SMILES string of the molecule is CC(C)C(=O)N1CCN(c2cc(S(=O)(=O)NC3(C)CC3)cc3c2cnn3C2CCCNC2)CC1. The van der Waals surface area contributed by atoms with Crippen molar-refractivity contribution in [2.45, 2.75) is 62.9 Å². The van der Waals surface area contributed by atoms with E-state index in [1.807, 2.05) is 36.5 Å². The van der Waals surface area contributed by atoms with E-state index in [0.717, 1.165) is 55.4 Å². The van der Waals surface area contributed by atoms with E-state index >= 15 is 0 Å². The molecule has 2 saturated heterocycles. The topological polar surface area (TPSA) is 99.6 Å². The molecule has 1 aromatic heterocycles. The maximum absolute atomic E-state index is 13.4. The molecule has 9 nitrogen and oxygen atoms in total. The largest absolute Gasteiger partial charge is 0.367 e. The van der Waals surface area contributed by atoms with Gasteiger partial charge in [-0.2, -0.15) is 5.10 Å². The van der Waals surface area contributed by atoms with E-state index in [0.29, 0.717) is 26.2 Å². The number of fused-ring (bicyclic) bond motifs is 1. The minimum Gasteiger partial charge on any atom is -0.367 e. The molecule has 2 aliphatic heterocycles. The van der Waals surface area contributed by atoms with Crippen LogP contribution in [0.15, 0.2) is 23.2 Å². The van der Waals surface area contributed by atoms with Crippen molar-refractivity contribution in [2.24, 2.45) is 5.92 Å². The van der Waals surface area contributed by atoms with Gasteiger partial charge in [0.25, 0.3) is 0 Å². The molecule has 34 heavy (non-hydrogen) atoms. The van der Waals surface area contributed by atoms with Crippen LogP contribution in [-0.2, 0) is 14.8 Å². The van der Waals surface area contributed by atoms with Crippen LogP contribution in [0.5, 0.6) is 0 Å².